The molecule has 27 heavy (non-hydrogen) atoms. The molecule has 2 aromatic rings. The molecule has 1 aromatic carbocycles. The number of allylic oxidation sites excluding steroid dienone is 1. The molecule has 1 aromatic heterocycles. The fourth-order valence-corrected chi connectivity index (χ4v) is 4.26. The highest BCUT2D eigenvalue weighted by Gasteiger charge is 2.41. The molecule has 4 rings (SSSR count). The molecule has 0 amide bonds. The number of rotatable bonds is 5. The van der Waals surface area contributed by atoms with Crippen LogP contribution in [0, 0.1) is 11.3 Å². The van der Waals surface area contributed by atoms with E-state index in [1.54, 1.807) is 12.1 Å². The first-order chi connectivity index (χ1) is 13.1. The molecule has 1 aliphatic heterocycles. The minimum Gasteiger partial charge on any atom is -0.507 e. The summed E-state index contributed by atoms with van der Waals surface area (Å²) in [6.07, 6.45) is 4.90. The van der Waals surface area contributed by atoms with E-state index in [2.05, 4.69) is 27.5 Å². The van der Waals surface area contributed by atoms with Crippen LogP contribution in [0.25, 0.3) is 16.8 Å². The molecular formula is C20H24N6O. The number of phenols is 1. The van der Waals surface area contributed by atoms with E-state index in [-0.39, 0.29) is 5.75 Å². The summed E-state index contributed by atoms with van der Waals surface area (Å²) < 4.78 is 0. The lowest BCUT2D eigenvalue weighted by atomic mass is 10.0. The number of piperidine rings is 1. The third kappa shape index (κ3) is 3.14. The van der Waals surface area contributed by atoms with Crippen LogP contribution in [0.15, 0.2) is 36.5 Å². The van der Waals surface area contributed by atoms with Crippen LogP contribution in [0.4, 0.5) is 5.82 Å². The molecule has 2 fully saturated rings. The van der Waals surface area contributed by atoms with Gasteiger partial charge in [0.15, 0.2) is 5.82 Å². The predicted molar refractivity (Wildman–Crippen MR) is 107 cm³/mol. The first kappa shape index (κ1) is 17.5. The van der Waals surface area contributed by atoms with Gasteiger partial charge in [-0.15, -0.1) is 10.2 Å². The molecule has 0 unspecified atom stereocenters. The van der Waals surface area contributed by atoms with Gasteiger partial charge in [-0.2, -0.15) is 0 Å². The predicted octanol–water partition coefficient (Wildman–Crippen LogP) is 1.98. The van der Waals surface area contributed by atoms with Gasteiger partial charge in [0.05, 0.1) is 5.69 Å². The van der Waals surface area contributed by atoms with Gasteiger partial charge in [0.1, 0.15) is 5.75 Å². The second kappa shape index (κ2) is 7.00. The lowest BCUT2D eigenvalue weighted by molar-refractivity contribution is 0.422. The van der Waals surface area contributed by atoms with E-state index < -0.39 is 0 Å². The number of fused-ring (bicyclic) bond motifs is 2. The maximum Gasteiger partial charge on any atom is 0.151 e. The van der Waals surface area contributed by atoms with Gasteiger partial charge >= 0.3 is 0 Å². The number of hydrogen-bond donors (Lipinski definition) is 4. The summed E-state index contributed by atoms with van der Waals surface area (Å²) in [6.45, 7) is 1.08. The molecule has 2 aliphatic rings. The second-order valence-electron chi connectivity index (χ2n) is 7.29. The van der Waals surface area contributed by atoms with Crippen LogP contribution in [-0.2, 0) is 0 Å². The van der Waals surface area contributed by atoms with E-state index in [1.165, 1.54) is 12.6 Å². The van der Waals surface area contributed by atoms with Crippen LogP contribution in [0.3, 0.4) is 0 Å². The summed E-state index contributed by atoms with van der Waals surface area (Å²) in [7, 11) is 2.08. The zero-order chi connectivity index (χ0) is 19.0. The van der Waals surface area contributed by atoms with Crippen molar-refractivity contribution in [3.63, 3.8) is 0 Å². The van der Waals surface area contributed by atoms with E-state index in [0.29, 0.717) is 40.4 Å². The smallest absolute Gasteiger partial charge is 0.151 e. The van der Waals surface area contributed by atoms with E-state index in [9.17, 15) is 5.11 Å². The molecular weight excluding hydrogens is 340 g/mol. The summed E-state index contributed by atoms with van der Waals surface area (Å²) in [5.41, 5.74) is 7.95. The molecule has 0 radical (unpaired) electrons. The number of aromatic hydroxyl groups is 1. The van der Waals surface area contributed by atoms with Crippen molar-refractivity contribution in [1.29, 1.82) is 5.41 Å². The Morgan fingerprint density at radius 2 is 2.15 bits per heavy atom. The number of anilines is 1. The lowest BCUT2D eigenvalue weighted by Crippen LogP contribution is -2.43. The fraction of sp³-hybridized carbons (Fsp3) is 0.350. The standard InChI is InChI=1S/C20H24N6O/c1-26(18-8-15-6-13(18)11-23-15)20-5-4-17(24-25-20)16-3-2-12(7-19(16)27)14(9-21)10-22/h2-5,7,9-10,13,15,18,21,23,27H,6,8,11,22H2,1H3/b14-10+,21-9?/t13-,15-,18-/m0/s1. The Bertz CT molecular complexity index is 879. The number of nitrogens with one attached hydrogen (secondary N) is 2. The molecule has 2 heterocycles. The van der Waals surface area contributed by atoms with Gasteiger partial charge in [-0.3, -0.25) is 0 Å². The van der Waals surface area contributed by atoms with Crippen LogP contribution in [-0.4, -0.2) is 47.2 Å². The van der Waals surface area contributed by atoms with E-state index >= 15 is 0 Å². The second-order valence-corrected chi connectivity index (χ2v) is 7.29. The van der Waals surface area contributed by atoms with Crippen molar-refractivity contribution in [3.05, 3.63) is 42.1 Å². The average Bonchev–Trinajstić information content (AvgIpc) is 3.32. The van der Waals surface area contributed by atoms with E-state index in [4.69, 9.17) is 11.1 Å². The molecule has 7 heteroatoms. The summed E-state index contributed by atoms with van der Waals surface area (Å²) in [5.74, 6) is 1.62. The summed E-state index contributed by atoms with van der Waals surface area (Å²) in [5, 5.41) is 30.0. The Morgan fingerprint density at radius 1 is 1.30 bits per heavy atom. The number of nitrogens with zero attached hydrogens (tertiary/aromatic N) is 3. The highest BCUT2D eigenvalue weighted by atomic mass is 16.3. The minimum absolute atomic E-state index is 0.0864. The Balaban J connectivity index is 1.54. The maximum absolute atomic E-state index is 10.4. The highest BCUT2D eigenvalue weighted by Crippen LogP contribution is 2.36. The molecule has 1 aliphatic carbocycles. The van der Waals surface area contributed by atoms with Crippen LogP contribution in [0.2, 0.25) is 0 Å². The van der Waals surface area contributed by atoms with Crippen molar-refractivity contribution in [2.24, 2.45) is 11.7 Å². The lowest BCUT2D eigenvalue weighted by Gasteiger charge is -2.32. The van der Waals surface area contributed by atoms with Crippen LogP contribution in [0.1, 0.15) is 18.4 Å². The first-order valence-corrected chi connectivity index (χ1v) is 9.16. The van der Waals surface area contributed by atoms with Gasteiger partial charge in [-0.1, -0.05) is 6.07 Å². The first-order valence-electron chi connectivity index (χ1n) is 9.16. The van der Waals surface area contributed by atoms with Crippen LogP contribution < -0.4 is 16.0 Å². The van der Waals surface area contributed by atoms with Gasteiger partial charge in [0, 0.05) is 49.2 Å². The summed E-state index contributed by atoms with van der Waals surface area (Å²) in [4.78, 5) is 2.23. The van der Waals surface area contributed by atoms with Crippen molar-refractivity contribution in [3.8, 4) is 17.0 Å². The monoisotopic (exact) mass is 364 g/mol. The topological polar surface area (TPSA) is 111 Å². The Kier molecular flexibility index (Phi) is 4.53. The molecule has 1 saturated heterocycles. The molecule has 7 nitrogen and oxygen atoms in total. The van der Waals surface area contributed by atoms with Crippen molar-refractivity contribution in [1.82, 2.24) is 15.5 Å². The maximum atomic E-state index is 10.4. The van der Waals surface area contributed by atoms with Crippen molar-refractivity contribution < 1.29 is 5.11 Å². The van der Waals surface area contributed by atoms with E-state index in [1.807, 2.05) is 18.2 Å². The van der Waals surface area contributed by atoms with Gasteiger partial charge in [0.2, 0.25) is 0 Å². The zero-order valence-corrected chi connectivity index (χ0v) is 15.3. The fourth-order valence-electron chi connectivity index (χ4n) is 4.26. The molecule has 0 spiro atoms. The van der Waals surface area contributed by atoms with Crippen molar-refractivity contribution >= 4 is 17.6 Å². The van der Waals surface area contributed by atoms with Gasteiger partial charge < -0.3 is 26.5 Å². The molecule has 3 atom stereocenters. The normalized spacial score (nSPS) is 24.2. The molecule has 5 N–H and O–H groups in total. The van der Waals surface area contributed by atoms with Gasteiger partial charge in [0.25, 0.3) is 0 Å². The number of aromatic nitrogens is 2. The molecule has 1 saturated carbocycles. The Labute approximate surface area is 158 Å². The average molecular weight is 364 g/mol. The number of phenolic OH excluding ortho intramolecular Hbond substituents is 1. The highest BCUT2D eigenvalue weighted by molar-refractivity contribution is 6.08. The molecule has 2 bridgehead atoms. The Hall–Kier alpha value is -2.93. The van der Waals surface area contributed by atoms with E-state index in [0.717, 1.165) is 25.0 Å². The minimum atomic E-state index is 0.0864. The third-order valence-electron chi connectivity index (χ3n) is 5.78. The quantitative estimate of drug-likeness (QED) is 0.604. The van der Waals surface area contributed by atoms with Gasteiger partial charge in [-0.05, 0) is 48.6 Å². The van der Waals surface area contributed by atoms with Crippen LogP contribution >= 0.6 is 0 Å². The SMILES string of the molecule is CN(c1ccc(-c2ccc(/C(C=N)=C/N)cc2O)nn1)[C@H]1C[C@@H]2C[C@H]1CN2. The summed E-state index contributed by atoms with van der Waals surface area (Å²) in [6, 6.07) is 10.1. The van der Waals surface area contributed by atoms with Crippen molar-refractivity contribution in [2.45, 2.75) is 24.9 Å². The van der Waals surface area contributed by atoms with Crippen molar-refractivity contribution in [2.75, 3.05) is 18.5 Å². The number of benzene rings is 1. The number of nitrogens with two attached hydrogens (primary N) is 1. The zero-order valence-electron chi connectivity index (χ0n) is 15.3. The van der Waals surface area contributed by atoms with Crippen LogP contribution in [0.5, 0.6) is 5.75 Å². The molecule has 140 valence electrons. The third-order valence-corrected chi connectivity index (χ3v) is 5.78. The number of hydrogen-bond acceptors (Lipinski definition) is 7. The summed E-state index contributed by atoms with van der Waals surface area (Å²) >= 11 is 0. The largest absolute Gasteiger partial charge is 0.507 e. The van der Waals surface area contributed by atoms with Gasteiger partial charge in [-0.25, -0.2) is 0 Å². The Morgan fingerprint density at radius 3 is 2.70 bits per heavy atom.